The SMILES string of the molecule is CC(C)Cn1c(SCC(=O)Nc2cccnc2Cl)nnc1-c1ccc(Cl)cc1Cl. The van der Waals surface area contributed by atoms with Crippen molar-refractivity contribution >= 4 is 58.2 Å². The van der Waals surface area contributed by atoms with Gasteiger partial charge in [0, 0.05) is 23.3 Å². The molecule has 0 aliphatic rings. The molecular weight excluding hydrogens is 453 g/mol. The third-order valence-corrected chi connectivity index (χ3v) is 5.62. The molecule has 0 fully saturated rings. The first kappa shape index (κ1) is 21.9. The van der Waals surface area contributed by atoms with Crippen molar-refractivity contribution in [3.05, 3.63) is 51.7 Å². The van der Waals surface area contributed by atoms with Crippen LogP contribution in [0.5, 0.6) is 0 Å². The second kappa shape index (κ2) is 9.80. The number of rotatable bonds is 7. The van der Waals surface area contributed by atoms with Gasteiger partial charge in [0.05, 0.1) is 16.5 Å². The summed E-state index contributed by atoms with van der Waals surface area (Å²) in [5, 5.41) is 13.2. The molecule has 10 heteroatoms. The fraction of sp³-hybridized carbons (Fsp3) is 0.263. The normalized spacial score (nSPS) is 11.1. The molecule has 0 bridgehead atoms. The van der Waals surface area contributed by atoms with Gasteiger partial charge in [0.1, 0.15) is 0 Å². The maximum atomic E-state index is 12.3. The molecule has 1 N–H and O–H groups in total. The summed E-state index contributed by atoms with van der Waals surface area (Å²) in [6.07, 6.45) is 1.56. The Morgan fingerprint density at radius 1 is 1.21 bits per heavy atom. The van der Waals surface area contributed by atoms with Crippen LogP contribution in [0.3, 0.4) is 0 Å². The van der Waals surface area contributed by atoms with Crippen LogP contribution in [0.4, 0.5) is 5.69 Å². The Balaban J connectivity index is 1.79. The number of nitrogens with one attached hydrogen (secondary N) is 1. The van der Waals surface area contributed by atoms with E-state index in [9.17, 15) is 4.79 Å². The largest absolute Gasteiger partial charge is 0.323 e. The van der Waals surface area contributed by atoms with Crippen LogP contribution < -0.4 is 5.32 Å². The first-order chi connectivity index (χ1) is 13.8. The summed E-state index contributed by atoms with van der Waals surface area (Å²) in [6.45, 7) is 4.87. The minimum atomic E-state index is -0.213. The van der Waals surface area contributed by atoms with E-state index in [0.717, 1.165) is 5.56 Å². The number of carbonyl (C=O) groups is 1. The Labute approximate surface area is 188 Å². The standard InChI is InChI=1S/C19H18Cl3N5OS/c1-11(2)9-27-18(13-6-5-12(20)8-14(13)21)25-26-19(27)29-10-16(28)24-15-4-3-7-23-17(15)22/h3-8,11H,9-10H2,1-2H3,(H,24,28). The molecule has 3 aromatic rings. The van der Waals surface area contributed by atoms with Crippen molar-refractivity contribution in [2.24, 2.45) is 5.92 Å². The summed E-state index contributed by atoms with van der Waals surface area (Å²) in [4.78, 5) is 16.3. The molecule has 0 unspecified atom stereocenters. The van der Waals surface area contributed by atoms with E-state index >= 15 is 0 Å². The predicted molar refractivity (Wildman–Crippen MR) is 119 cm³/mol. The first-order valence-corrected chi connectivity index (χ1v) is 10.9. The second-order valence-corrected chi connectivity index (χ2v) is 8.76. The monoisotopic (exact) mass is 469 g/mol. The van der Waals surface area contributed by atoms with E-state index in [0.29, 0.717) is 39.2 Å². The van der Waals surface area contributed by atoms with Crippen LogP contribution in [-0.2, 0) is 11.3 Å². The zero-order valence-electron chi connectivity index (χ0n) is 15.7. The second-order valence-electron chi connectivity index (χ2n) is 6.61. The van der Waals surface area contributed by atoms with Gasteiger partial charge in [-0.1, -0.05) is 60.4 Å². The van der Waals surface area contributed by atoms with E-state index in [1.165, 1.54) is 11.8 Å². The van der Waals surface area contributed by atoms with Crippen molar-refractivity contribution < 1.29 is 4.79 Å². The van der Waals surface area contributed by atoms with Crippen molar-refractivity contribution in [3.8, 4) is 11.4 Å². The quantitative estimate of drug-likeness (QED) is 0.355. The fourth-order valence-electron chi connectivity index (χ4n) is 2.59. The highest BCUT2D eigenvalue weighted by Gasteiger charge is 2.19. The van der Waals surface area contributed by atoms with E-state index < -0.39 is 0 Å². The Morgan fingerprint density at radius 2 is 2.00 bits per heavy atom. The molecule has 0 aliphatic carbocycles. The molecule has 6 nitrogen and oxygen atoms in total. The summed E-state index contributed by atoms with van der Waals surface area (Å²) >= 11 is 19.6. The Morgan fingerprint density at radius 3 is 2.69 bits per heavy atom. The molecule has 0 atom stereocenters. The highest BCUT2D eigenvalue weighted by molar-refractivity contribution is 7.99. The van der Waals surface area contributed by atoms with E-state index in [4.69, 9.17) is 34.8 Å². The molecule has 3 rings (SSSR count). The van der Waals surface area contributed by atoms with Crippen molar-refractivity contribution in [3.63, 3.8) is 0 Å². The van der Waals surface area contributed by atoms with Gasteiger partial charge in [0.2, 0.25) is 5.91 Å². The van der Waals surface area contributed by atoms with Crippen molar-refractivity contribution in [1.29, 1.82) is 0 Å². The van der Waals surface area contributed by atoms with Crippen molar-refractivity contribution in [1.82, 2.24) is 19.7 Å². The van der Waals surface area contributed by atoms with E-state index in [1.807, 2.05) is 10.6 Å². The van der Waals surface area contributed by atoms with Crippen LogP contribution in [-0.4, -0.2) is 31.4 Å². The summed E-state index contributed by atoms with van der Waals surface area (Å²) in [5.41, 5.74) is 1.21. The van der Waals surface area contributed by atoms with Gasteiger partial charge in [-0.05, 0) is 36.2 Å². The lowest BCUT2D eigenvalue weighted by molar-refractivity contribution is -0.113. The molecule has 1 aromatic carbocycles. The number of hydrogen-bond donors (Lipinski definition) is 1. The highest BCUT2D eigenvalue weighted by Crippen LogP contribution is 2.32. The van der Waals surface area contributed by atoms with Crippen LogP contribution >= 0.6 is 46.6 Å². The topological polar surface area (TPSA) is 72.7 Å². The van der Waals surface area contributed by atoms with Gasteiger partial charge in [-0.3, -0.25) is 4.79 Å². The smallest absolute Gasteiger partial charge is 0.234 e. The molecule has 0 spiro atoms. The van der Waals surface area contributed by atoms with Gasteiger partial charge in [0.15, 0.2) is 16.1 Å². The average Bonchev–Trinajstić information content (AvgIpc) is 3.03. The van der Waals surface area contributed by atoms with Gasteiger partial charge in [0.25, 0.3) is 0 Å². The number of thioether (sulfide) groups is 1. The van der Waals surface area contributed by atoms with E-state index in [1.54, 1.807) is 30.5 Å². The molecule has 2 heterocycles. The maximum Gasteiger partial charge on any atom is 0.234 e. The molecule has 152 valence electrons. The lowest BCUT2D eigenvalue weighted by atomic mass is 10.2. The third-order valence-electron chi connectivity index (χ3n) is 3.80. The van der Waals surface area contributed by atoms with Crippen molar-refractivity contribution in [2.75, 3.05) is 11.1 Å². The lowest BCUT2D eigenvalue weighted by Crippen LogP contribution is -2.15. The van der Waals surface area contributed by atoms with Gasteiger partial charge >= 0.3 is 0 Å². The maximum absolute atomic E-state index is 12.3. The molecule has 0 aliphatic heterocycles. The van der Waals surface area contributed by atoms with Crippen LogP contribution in [0.1, 0.15) is 13.8 Å². The van der Waals surface area contributed by atoms with E-state index in [-0.39, 0.29) is 16.8 Å². The van der Waals surface area contributed by atoms with Crippen LogP contribution in [0, 0.1) is 5.92 Å². The highest BCUT2D eigenvalue weighted by atomic mass is 35.5. The van der Waals surface area contributed by atoms with E-state index in [2.05, 4.69) is 34.3 Å². The summed E-state index contributed by atoms with van der Waals surface area (Å²) in [6, 6.07) is 8.65. The average molecular weight is 471 g/mol. The van der Waals surface area contributed by atoms with Crippen LogP contribution in [0.15, 0.2) is 41.7 Å². The molecule has 29 heavy (non-hydrogen) atoms. The third kappa shape index (κ3) is 5.63. The molecular formula is C19H18Cl3N5OS. The number of amides is 1. The van der Waals surface area contributed by atoms with Crippen LogP contribution in [0.2, 0.25) is 15.2 Å². The zero-order chi connectivity index (χ0) is 21.0. The number of benzene rings is 1. The Kier molecular flexibility index (Phi) is 7.40. The Bertz CT molecular complexity index is 1020. The van der Waals surface area contributed by atoms with Gasteiger partial charge in [-0.25, -0.2) is 4.98 Å². The molecule has 2 aromatic heterocycles. The number of pyridine rings is 1. The first-order valence-electron chi connectivity index (χ1n) is 8.77. The van der Waals surface area contributed by atoms with Gasteiger partial charge in [-0.15, -0.1) is 10.2 Å². The summed E-state index contributed by atoms with van der Waals surface area (Å²) in [7, 11) is 0. The summed E-state index contributed by atoms with van der Waals surface area (Å²) < 4.78 is 1.97. The molecule has 1 amide bonds. The fourth-order valence-corrected chi connectivity index (χ4v) is 4.00. The van der Waals surface area contributed by atoms with Gasteiger partial charge in [-0.2, -0.15) is 0 Å². The summed E-state index contributed by atoms with van der Waals surface area (Å²) in [5.74, 6) is 0.919. The molecule has 0 radical (unpaired) electrons. The molecule has 0 saturated carbocycles. The number of halogens is 3. The number of anilines is 1. The van der Waals surface area contributed by atoms with Crippen molar-refractivity contribution in [2.45, 2.75) is 25.5 Å². The minimum Gasteiger partial charge on any atom is -0.323 e. The minimum absolute atomic E-state index is 0.149. The van der Waals surface area contributed by atoms with Crippen LogP contribution in [0.25, 0.3) is 11.4 Å². The lowest BCUT2D eigenvalue weighted by Gasteiger charge is -2.13. The number of nitrogens with zero attached hydrogens (tertiary/aromatic N) is 4. The molecule has 0 saturated heterocycles. The number of hydrogen-bond acceptors (Lipinski definition) is 5. The Hall–Kier alpha value is -1.80. The number of carbonyl (C=O) groups excluding carboxylic acids is 1. The number of aromatic nitrogens is 4. The zero-order valence-corrected chi connectivity index (χ0v) is 18.8. The predicted octanol–water partition coefficient (Wildman–Crippen LogP) is 5.69. The van der Waals surface area contributed by atoms with Gasteiger partial charge < -0.3 is 9.88 Å².